The van der Waals surface area contributed by atoms with E-state index in [1.165, 1.54) is 5.56 Å². The second-order valence-corrected chi connectivity index (χ2v) is 10.7. The summed E-state index contributed by atoms with van der Waals surface area (Å²) in [6, 6.07) is 40.7. The van der Waals surface area contributed by atoms with Crippen molar-refractivity contribution in [2.45, 2.75) is 6.92 Å². The van der Waals surface area contributed by atoms with E-state index in [1.807, 2.05) is 60.7 Å². The highest BCUT2D eigenvalue weighted by atomic mass is 16.4. The molecule has 2 N–H and O–H groups in total. The van der Waals surface area contributed by atoms with Gasteiger partial charge in [-0.1, -0.05) is 115 Å². The lowest BCUT2D eigenvalue weighted by molar-refractivity contribution is -0.132. The summed E-state index contributed by atoms with van der Waals surface area (Å²) in [4.78, 5) is 23.7. The molecule has 0 fully saturated rings. The molecule has 0 aliphatic heterocycles. The highest BCUT2D eigenvalue weighted by Crippen LogP contribution is 2.35. The van der Waals surface area contributed by atoms with Gasteiger partial charge in [-0.2, -0.15) is 0 Å². The van der Waals surface area contributed by atoms with E-state index in [4.69, 9.17) is 10.2 Å². The van der Waals surface area contributed by atoms with Crippen molar-refractivity contribution in [2.24, 2.45) is 0 Å². The number of carbonyl (C=O) groups is 2. The van der Waals surface area contributed by atoms with Crippen LogP contribution in [0, 0.1) is 6.92 Å². The Hall–Kier alpha value is -6.20. The second-order valence-electron chi connectivity index (χ2n) is 10.7. The highest BCUT2D eigenvalue weighted by Gasteiger charge is 2.12. The van der Waals surface area contributed by atoms with Crippen LogP contribution in [0.3, 0.4) is 0 Å². The maximum atomic E-state index is 10.7. The maximum absolute atomic E-state index is 10.7. The predicted octanol–water partition coefficient (Wildman–Crippen LogP) is 10.0. The molecule has 0 saturated carbocycles. The molecule has 0 heterocycles. The number of rotatable bonds is 11. The Bertz CT molecular complexity index is 1780. The second kappa shape index (κ2) is 15.0. The largest absolute Gasteiger partial charge is 0.478 e. The molecule has 0 spiro atoms. The monoisotopic (exact) mass is 603 g/mol. The van der Waals surface area contributed by atoms with Gasteiger partial charge in [0.1, 0.15) is 0 Å². The zero-order valence-corrected chi connectivity index (χ0v) is 25.3. The number of nitrogens with zero attached hydrogens (tertiary/aromatic N) is 1. The van der Waals surface area contributed by atoms with Crippen molar-refractivity contribution in [2.75, 3.05) is 4.90 Å². The molecule has 5 nitrogen and oxygen atoms in total. The first-order valence-corrected chi connectivity index (χ1v) is 14.8. The third-order valence-corrected chi connectivity index (χ3v) is 7.24. The number of anilines is 3. The van der Waals surface area contributed by atoms with E-state index in [0.29, 0.717) is 0 Å². The SMILES string of the molecule is Cc1ccc(N(c2ccc(/C=C/c3ccc(/C=C/C(=O)O)cc3)cc2)c2ccc(/C=C/c3ccc(/C=C/C(=O)O)cc3)cc2)cc1. The number of aliphatic carboxylic acids is 2. The fourth-order valence-corrected chi connectivity index (χ4v) is 4.77. The molecule has 46 heavy (non-hydrogen) atoms. The summed E-state index contributed by atoms with van der Waals surface area (Å²) in [6.45, 7) is 2.08. The molecular formula is C41H33NO4. The molecule has 5 heteroatoms. The number of benzene rings is 5. The van der Waals surface area contributed by atoms with Crippen molar-refractivity contribution in [3.8, 4) is 0 Å². The van der Waals surface area contributed by atoms with Gasteiger partial charge >= 0.3 is 11.9 Å². The van der Waals surface area contributed by atoms with Crippen LogP contribution in [-0.4, -0.2) is 22.2 Å². The smallest absolute Gasteiger partial charge is 0.328 e. The van der Waals surface area contributed by atoms with Crippen LogP contribution in [-0.2, 0) is 9.59 Å². The molecule has 226 valence electrons. The lowest BCUT2D eigenvalue weighted by Crippen LogP contribution is -2.09. The molecule has 0 radical (unpaired) electrons. The number of carboxylic acids is 2. The van der Waals surface area contributed by atoms with Gasteiger partial charge < -0.3 is 15.1 Å². The fourth-order valence-electron chi connectivity index (χ4n) is 4.77. The minimum atomic E-state index is -0.965. The van der Waals surface area contributed by atoms with E-state index in [1.54, 1.807) is 12.2 Å². The minimum absolute atomic E-state index is 0.836. The van der Waals surface area contributed by atoms with Crippen molar-refractivity contribution < 1.29 is 19.8 Å². The molecule has 0 aliphatic carbocycles. The van der Waals surface area contributed by atoms with Gasteiger partial charge in [0.25, 0.3) is 0 Å². The highest BCUT2D eigenvalue weighted by molar-refractivity contribution is 5.86. The molecule has 5 aromatic carbocycles. The number of hydrogen-bond acceptors (Lipinski definition) is 3. The molecular weight excluding hydrogens is 570 g/mol. The molecule has 0 unspecified atom stereocenters. The van der Waals surface area contributed by atoms with E-state index < -0.39 is 11.9 Å². The molecule has 0 amide bonds. The molecule has 5 aromatic rings. The van der Waals surface area contributed by atoms with E-state index in [-0.39, 0.29) is 0 Å². The van der Waals surface area contributed by atoms with Crippen LogP contribution in [0.4, 0.5) is 17.1 Å². The van der Waals surface area contributed by atoms with Crippen LogP contribution in [0.5, 0.6) is 0 Å². The van der Waals surface area contributed by atoms with Gasteiger partial charge in [-0.05, 0) is 88.9 Å². The molecule has 5 rings (SSSR count). The topological polar surface area (TPSA) is 77.8 Å². The van der Waals surface area contributed by atoms with Gasteiger partial charge in [0.2, 0.25) is 0 Å². The van der Waals surface area contributed by atoms with Crippen LogP contribution in [0.15, 0.2) is 133 Å². The zero-order valence-electron chi connectivity index (χ0n) is 25.3. The molecule has 0 bridgehead atoms. The minimum Gasteiger partial charge on any atom is -0.478 e. The summed E-state index contributed by atoms with van der Waals surface area (Å²) in [5, 5.41) is 17.6. The quantitative estimate of drug-likeness (QED) is 0.116. The number of carboxylic acid groups (broad SMARTS) is 2. The van der Waals surface area contributed by atoms with Gasteiger partial charge in [-0.25, -0.2) is 9.59 Å². The summed E-state index contributed by atoms with van der Waals surface area (Å²) in [5.41, 5.74) is 10.2. The third-order valence-electron chi connectivity index (χ3n) is 7.24. The first-order chi connectivity index (χ1) is 22.3. The average Bonchev–Trinajstić information content (AvgIpc) is 3.07. The first kappa shape index (κ1) is 31.2. The predicted molar refractivity (Wildman–Crippen MR) is 190 cm³/mol. The van der Waals surface area contributed by atoms with Crippen molar-refractivity contribution in [1.82, 2.24) is 0 Å². The van der Waals surface area contributed by atoms with E-state index in [0.717, 1.165) is 62.6 Å². The average molecular weight is 604 g/mol. The van der Waals surface area contributed by atoms with E-state index in [9.17, 15) is 9.59 Å². The summed E-state index contributed by atoms with van der Waals surface area (Å²) in [5.74, 6) is -1.93. The standard InChI is InChI=1S/C41H33NO4/c1-30-2-22-37(23-3-30)42(38-24-16-35(17-25-38)14-8-31-4-10-33(11-5-31)20-28-40(43)44)39-26-18-36(19-27-39)15-9-32-6-12-34(13-7-32)21-29-41(45)46/h2-29H,1H3,(H,43,44)(H,45,46)/b14-8+,15-9+,28-20+,29-21+. The van der Waals surface area contributed by atoms with Gasteiger partial charge in [-0.15, -0.1) is 0 Å². The van der Waals surface area contributed by atoms with Crippen LogP contribution < -0.4 is 4.90 Å². The Morgan fingerprint density at radius 2 is 0.652 bits per heavy atom. The third kappa shape index (κ3) is 8.91. The van der Waals surface area contributed by atoms with E-state index in [2.05, 4.69) is 96.8 Å². The van der Waals surface area contributed by atoms with Gasteiger partial charge in [0, 0.05) is 29.2 Å². The summed E-state index contributed by atoms with van der Waals surface area (Å²) in [6.07, 6.45) is 13.6. The molecule has 0 aromatic heterocycles. The zero-order chi connectivity index (χ0) is 32.3. The molecule has 0 aliphatic rings. The van der Waals surface area contributed by atoms with Crippen LogP contribution in [0.25, 0.3) is 36.5 Å². The van der Waals surface area contributed by atoms with Crippen LogP contribution >= 0.6 is 0 Å². The van der Waals surface area contributed by atoms with Gasteiger partial charge in [-0.3, -0.25) is 0 Å². The normalized spacial score (nSPS) is 11.6. The number of aryl methyl sites for hydroxylation is 1. The van der Waals surface area contributed by atoms with Crippen LogP contribution in [0.2, 0.25) is 0 Å². The van der Waals surface area contributed by atoms with Crippen molar-refractivity contribution in [3.63, 3.8) is 0 Å². The first-order valence-electron chi connectivity index (χ1n) is 14.8. The van der Waals surface area contributed by atoms with Gasteiger partial charge in [0.05, 0.1) is 0 Å². The Labute approximate surface area is 269 Å². The molecule has 0 saturated heterocycles. The lowest BCUT2D eigenvalue weighted by Gasteiger charge is -2.26. The summed E-state index contributed by atoms with van der Waals surface area (Å²) >= 11 is 0. The maximum Gasteiger partial charge on any atom is 0.328 e. The Morgan fingerprint density at radius 1 is 0.413 bits per heavy atom. The molecule has 0 atom stereocenters. The Balaban J connectivity index is 1.32. The van der Waals surface area contributed by atoms with E-state index >= 15 is 0 Å². The van der Waals surface area contributed by atoms with Crippen LogP contribution in [0.1, 0.15) is 38.9 Å². The number of hydrogen-bond donors (Lipinski definition) is 2. The fraction of sp³-hybridized carbons (Fsp3) is 0.0244. The van der Waals surface area contributed by atoms with Crippen molar-refractivity contribution in [1.29, 1.82) is 0 Å². The van der Waals surface area contributed by atoms with Gasteiger partial charge in [0.15, 0.2) is 0 Å². The Morgan fingerprint density at radius 3 is 0.935 bits per heavy atom. The summed E-state index contributed by atoms with van der Waals surface area (Å²) < 4.78 is 0. The van der Waals surface area contributed by atoms with Crippen molar-refractivity contribution in [3.05, 3.63) is 172 Å². The Kier molecular flexibility index (Phi) is 10.2. The van der Waals surface area contributed by atoms with Crippen molar-refractivity contribution >= 4 is 65.5 Å². The lowest BCUT2D eigenvalue weighted by atomic mass is 10.1. The summed E-state index contributed by atoms with van der Waals surface area (Å²) in [7, 11) is 0.